The highest BCUT2D eigenvalue weighted by molar-refractivity contribution is 5.37. The average Bonchev–Trinajstić information content (AvgIpc) is 2.70. The molecule has 78 valence electrons. The normalized spacial score (nSPS) is 12.7. The van der Waals surface area contributed by atoms with Gasteiger partial charge in [-0.2, -0.15) is 0 Å². The van der Waals surface area contributed by atoms with Crippen LogP contribution in [0.4, 0.5) is 4.39 Å². The SMILES string of the molecule is CC(N)c1ccc(-n2ccnc2)c(F)c1. The van der Waals surface area contributed by atoms with Crippen molar-refractivity contribution in [1.82, 2.24) is 9.55 Å². The molecule has 1 unspecified atom stereocenters. The van der Waals surface area contributed by atoms with E-state index in [9.17, 15) is 4.39 Å². The topological polar surface area (TPSA) is 43.8 Å². The van der Waals surface area contributed by atoms with Gasteiger partial charge in [-0.15, -0.1) is 0 Å². The molecule has 0 radical (unpaired) electrons. The van der Waals surface area contributed by atoms with Crippen LogP contribution in [0.15, 0.2) is 36.9 Å². The molecule has 0 fully saturated rings. The van der Waals surface area contributed by atoms with Gasteiger partial charge in [0.25, 0.3) is 0 Å². The van der Waals surface area contributed by atoms with Gasteiger partial charge in [-0.3, -0.25) is 0 Å². The van der Waals surface area contributed by atoms with Crippen molar-refractivity contribution in [3.63, 3.8) is 0 Å². The van der Waals surface area contributed by atoms with Gasteiger partial charge in [0, 0.05) is 18.4 Å². The predicted molar refractivity (Wildman–Crippen MR) is 56.1 cm³/mol. The minimum absolute atomic E-state index is 0.156. The van der Waals surface area contributed by atoms with E-state index in [0.29, 0.717) is 5.69 Å². The molecule has 0 saturated carbocycles. The fourth-order valence-electron chi connectivity index (χ4n) is 1.42. The van der Waals surface area contributed by atoms with E-state index in [4.69, 9.17) is 5.73 Å². The molecule has 2 aromatic rings. The number of imidazole rings is 1. The Morgan fingerprint density at radius 1 is 1.47 bits per heavy atom. The van der Waals surface area contributed by atoms with Crippen LogP contribution < -0.4 is 5.73 Å². The molecule has 4 heteroatoms. The van der Waals surface area contributed by atoms with Gasteiger partial charge >= 0.3 is 0 Å². The standard InChI is InChI=1S/C11H12FN3/c1-8(13)9-2-3-11(10(12)6-9)15-5-4-14-7-15/h2-8H,13H2,1H3. The Hall–Kier alpha value is -1.68. The van der Waals surface area contributed by atoms with E-state index in [-0.39, 0.29) is 11.9 Å². The van der Waals surface area contributed by atoms with Crippen LogP contribution in [0.25, 0.3) is 5.69 Å². The van der Waals surface area contributed by atoms with Crippen LogP contribution >= 0.6 is 0 Å². The van der Waals surface area contributed by atoms with Gasteiger partial charge < -0.3 is 10.3 Å². The lowest BCUT2D eigenvalue weighted by atomic mass is 10.1. The summed E-state index contributed by atoms with van der Waals surface area (Å²) in [6, 6.07) is 4.83. The molecule has 0 aliphatic rings. The summed E-state index contributed by atoms with van der Waals surface area (Å²) in [5.41, 5.74) is 6.94. The summed E-state index contributed by atoms with van der Waals surface area (Å²) in [4.78, 5) is 3.87. The highest BCUT2D eigenvalue weighted by Gasteiger charge is 2.07. The molecule has 2 rings (SSSR count). The first-order chi connectivity index (χ1) is 7.18. The lowest BCUT2D eigenvalue weighted by Gasteiger charge is -2.08. The summed E-state index contributed by atoms with van der Waals surface area (Å²) in [6.45, 7) is 1.83. The molecule has 1 atom stereocenters. The molecule has 0 saturated heterocycles. The first kappa shape index (κ1) is 9.86. The molecule has 1 aromatic heterocycles. The first-order valence-corrected chi connectivity index (χ1v) is 4.72. The van der Waals surface area contributed by atoms with Gasteiger partial charge in [-0.1, -0.05) is 6.07 Å². The van der Waals surface area contributed by atoms with E-state index < -0.39 is 0 Å². The summed E-state index contributed by atoms with van der Waals surface area (Å²) < 4.78 is 15.3. The smallest absolute Gasteiger partial charge is 0.147 e. The number of nitrogens with zero attached hydrogens (tertiary/aromatic N) is 2. The second-order valence-electron chi connectivity index (χ2n) is 3.47. The summed E-state index contributed by atoms with van der Waals surface area (Å²) in [5, 5.41) is 0. The van der Waals surface area contributed by atoms with Crippen LogP contribution in [0.3, 0.4) is 0 Å². The van der Waals surface area contributed by atoms with Crippen molar-refractivity contribution < 1.29 is 4.39 Å². The molecule has 2 N–H and O–H groups in total. The maximum atomic E-state index is 13.7. The van der Waals surface area contributed by atoms with Crippen molar-refractivity contribution in [2.24, 2.45) is 5.73 Å². The minimum Gasteiger partial charge on any atom is -0.324 e. The van der Waals surface area contributed by atoms with Gasteiger partial charge in [0.1, 0.15) is 5.82 Å². The third-order valence-corrected chi connectivity index (χ3v) is 2.28. The Morgan fingerprint density at radius 2 is 2.27 bits per heavy atom. The minimum atomic E-state index is -0.289. The second kappa shape index (κ2) is 3.82. The van der Waals surface area contributed by atoms with Crippen molar-refractivity contribution in [3.05, 3.63) is 48.3 Å². The number of nitrogens with two attached hydrogens (primary N) is 1. The van der Waals surface area contributed by atoms with E-state index in [1.807, 2.05) is 13.0 Å². The van der Waals surface area contributed by atoms with Crippen molar-refractivity contribution >= 4 is 0 Å². The third kappa shape index (κ3) is 1.89. The van der Waals surface area contributed by atoms with E-state index in [1.165, 1.54) is 6.07 Å². The van der Waals surface area contributed by atoms with Crippen molar-refractivity contribution in [3.8, 4) is 5.69 Å². The largest absolute Gasteiger partial charge is 0.324 e. The number of halogens is 1. The summed E-state index contributed by atoms with van der Waals surface area (Å²) in [7, 11) is 0. The molecule has 0 amide bonds. The van der Waals surface area contributed by atoms with Crippen LogP contribution in [0, 0.1) is 5.82 Å². The van der Waals surface area contributed by atoms with E-state index in [0.717, 1.165) is 5.56 Å². The zero-order valence-electron chi connectivity index (χ0n) is 8.39. The molecule has 0 aliphatic heterocycles. The monoisotopic (exact) mass is 205 g/mol. The molecule has 0 spiro atoms. The first-order valence-electron chi connectivity index (χ1n) is 4.72. The Morgan fingerprint density at radius 3 is 2.80 bits per heavy atom. The van der Waals surface area contributed by atoms with Crippen LogP contribution in [0.1, 0.15) is 18.5 Å². The summed E-state index contributed by atoms with van der Waals surface area (Å²) >= 11 is 0. The Bertz CT molecular complexity index is 449. The number of benzene rings is 1. The molecule has 1 aromatic carbocycles. The number of hydrogen-bond donors (Lipinski definition) is 1. The Kier molecular flexibility index (Phi) is 2.51. The van der Waals surface area contributed by atoms with Crippen LogP contribution in [-0.4, -0.2) is 9.55 Å². The Balaban J connectivity index is 2.44. The highest BCUT2D eigenvalue weighted by atomic mass is 19.1. The average molecular weight is 205 g/mol. The van der Waals surface area contributed by atoms with Crippen LogP contribution in [-0.2, 0) is 0 Å². The van der Waals surface area contributed by atoms with Gasteiger partial charge in [0.2, 0.25) is 0 Å². The van der Waals surface area contributed by atoms with Gasteiger partial charge in [-0.25, -0.2) is 9.37 Å². The van der Waals surface area contributed by atoms with Crippen molar-refractivity contribution in [2.75, 3.05) is 0 Å². The predicted octanol–water partition coefficient (Wildman–Crippen LogP) is 2.03. The van der Waals surface area contributed by atoms with E-state index in [1.54, 1.807) is 29.4 Å². The quantitative estimate of drug-likeness (QED) is 0.815. The fraction of sp³-hybridized carbons (Fsp3) is 0.182. The molecule has 0 aliphatic carbocycles. The van der Waals surface area contributed by atoms with Gasteiger partial charge in [0.15, 0.2) is 0 Å². The van der Waals surface area contributed by atoms with E-state index >= 15 is 0 Å². The van der Waals surface area contributed by atoms with Crippen LogP contribution in [0.2, 0.25) is 0 Å². The van der Waals surface area contributed by atoms with Gasteiger partial charge in [0.05, 0.1) is 12.0 Å². The van der Waals surface area contributed by atoms with Crippen LogP contribution in [0.5, 0.6) is 0 Å². The summed E-state index contributed by atoms with van der Waals surface area (Å²) in [5.74, 6) is -0.289. The number of aromatic nitrogens is 2. The number of hydrogen-bond acceptors (Lipinski definition) is 2. The maximum Gasteiger partial charge on any atom is 0.147 e. The lowest BCUT2D eigenvalue weighted by molar-refractivity contribution is 0.613. The second-order valence-corrected chi connectivity index (χ2v) is 3.47. The zero-order chi connectivity index (χ0) is 10.8. The lowest BCUT2D eigenvalue weighted by Crippen LogP contribution is -2.06. The number of rotatable bonds is 2. The zero-order valence-corrected chi connectivity index (χ0v) is 8.39. The van der Waals surface area contributed by atoms with Crippen molar-refractivity contribution in [2.45, 2.75) is 13.0 Å². The van der Waals surface area contributed by atoms with Crippen molar-refractivity contribution in [1.29, 1.82) is 0 Å². The van der Waals surface area contributed by atoms with E-state index in [2.05, 4.69) is 4.98 Å². The fourth-order valence-corrected chi connectivity index (χ4v) is 1.42. The molecule has 3 nitrogen and oxygen atoms in total. The highest BCUT2D eigenvalue weighted by Crippen LogP contribution is 2.17. The molecular weight excluding hydrogens is 193 g/mol. The molecule has 15 heavy (non-hydrogen) atoms. The molecule has 0 bridgehead atoms. The molecular formula is C11H12FN3. The Labute approximate surface area is 87.4 Å². The van der Waals surface area contributed by atoms with Gasteiger partial charge in [-0.05, 0) is 24.6 Å². The maximum absolute atomic E-state index is 13.7. The third-order valence-electron chi connectivity index (χ3n) is 2.28. The molecule has 1 heterocycles. The summed E-state index contributed by atoms with van der Waals surface area (Å²) in [6.07, 6.45) is 4.87.